The lowest BCUT2D eigenvalue weighted by atomic mass is 9.95. The fourth-order valence-electron chi connectivity index (χ4n) is 2.27. The summed E-state index contributed by atoms with van der Waals surface area (Å²) in [4.78, 5) is 0. The second kappa shape index (κ2) is 5.51. The van der Waals surface area contributed by atoms with Gasteiger partial charge >= 0.3 is 0 Å². The molecule has 0 aliphatic heterocycles. The Labute approximate surface area is 113 Å². The Kier molecular flexibility index (Phi) is 3.98. The van der Waals surface area contributed by atoms with Crippen LogP contribution < -0.4 is 11.5 Å². The lowest BCUT2D eigenvalue weighted by Crippen LogP contribution is -2.08. The summed E-state index contributed by atoms with van der Waals surface area (Å²) in [7, 11) is 0. The highest BCUT2D eigenvalue weighted by Gasteiger charge is 2.11. The molecule has 0 heterocycles. The number of benzene rings is 2. The quantitative estimate of drug-likeness (QED) is 0.887. The van der Waals surface area contributed by atoms with Crippen molar-refractivity contribution in [3.63, 3.8) is 0 Å². The zero-order valence-corrected chi connectivity index (χ0v) is 11.3. The van der Waals surface area contributed by atoms with E-state index in [0.29, 0.717) is 12.1 Å². The van der Waals surface area contributed by atoms with Crippen LogP contribution in [0.4, 0.5) is 4.39 Å². The van der Waals surface area contributed by atoms with Crippen molar-refractivity contribution >= 4 is 0 Å². The zero-order valence-electron chi connectivity index (χ0n) is 11.3. The molecule has 2 aromatic rings. The lowest BCUT2D eigenvalue weighted by Gasteiger charge is -2.13. The SMILES string of the molecule is Cc1cc(-c2cccc(CN)c2)c(F)cc1[C@@H](C)N. The maximum absolute atomic E-state index is 14.2. The van der Waals surface area contributed by atoms with Crippen molar-refractivity contribution in [1.29, 1.82) is 0 Å². The summed E-state index contributed by atoms with van der Waals surface area (Å²) >= 11 is 0. The molecule has 0 unspecified atom stereocenters. The lowest BCUT2D eigenvalue weighted by molar-refractivity contribution is 0.625. The average Bonchev–Trinajstić information content (AvgIpc) is 2.40. The van der Waals surface area contributed by atoms with Gasteiger partial charge in [-0.15, -0.1) is 0 Å². The highest BCUT2D eigenvalue weighted by molar-refractivity contribution is 5.66. The fourth-order valence-corrected chi connectivity index (χ4v) is 2.27. The van der Waals surface area contributed by atoms with Gasteiger partial charge in [-0.2, -0.15) is 0 Å². The molecule has 100 valence electrons. The van der Waals surface area contributed by atoms with Gasteiger partial charge in [0.1, 0.15) is 5.82 Å². The molecule has 3 heteroatoms. The van der Waals surface area contributed by atoms with Crippen LogP contribution in [0, 0.1) is 12.7 Å². The van der Waals surface area contributed by atoms with Crippen LogP contribution in [0.15, 0.2) is 36.4 Å². The number of aryl methyl sites for hydroxylation is 1. The van der Waals surface area contributed by atoms with E-state index in [1.54, 1.807) is 0 Å². The standard InChI is InChI=1S/C16H19FN2/c1-10-6-15(16(17)8-14(10)11(2)19)13-5-3-4-12(7-13)9-18/h3-8,11H,9,18-19H2,1-2H3/t11-/m1/s1. The predicted octanol–water partition coefficient (Wildman–Crippen LogP) is 3.28. The summed E-state index contributed by atoms with van der Waals surface area (Å²) < 4.78 is 14.2. The van der Waals surface area contributed by atoms with Gasteiger partial charge in [-0.25, -0.2) is 4.39 Å². The van der Waals surface area contributed by atoms with E-state index in [1.807, 2.05) is 44.2 Å². The average molecular weight is 258 g/mol. The van der Waals surface area contributed by atoms with Crippen molar-refractivity contribution in [3.8, 4) is 11.1 Å². The van der Waals surface area contributed by atoms with Crippen LogP contribution in [0.5, 0.6) is 0 Å². The highest BCUT2D eigenvalue weighted by Crippen LogP contribution is 2.28. The van der Waals surface area contributed by atoms with Gasteiger partial charge in [0.25, 0.3) is 0 Å². The fraction of sp³-hybridized carbons (Fsp3) is 0.250. The summed E-state index contributed by atoms with van der Waals surface area (Å²) in [6.45, 7) is 4.26. The summed E-state index contributed by atoms with van der Waals surface area (Å²) in [6.07, 6.45) is 0. The molecular formula is C16H19FN2. The van der Waals surface area contributed by atoms with Crippen molar-refractivity contribution < 1.29 is 4.39 Å². The Bertz CT molecular complexity index is 591. The van der Waals surface area contributed by atoms with E-state index in [9.17, 15) is 4.39 Å². The van der Waals surface area contributed by atoms with Crippen LogP contribution in [0.3, 0.4) is 0 Å². The number of rotatable bonds is 3. The van der Waals surface area contributed by atoms with Gasteiger partial charge in [0.05, 0.1) is 0 Å². The third-order valence-corrected chi connectivity index (χ3v) is 3.32. The smallest absolute Gasteiger partial charge is 0.131 e. The molecule has 0 spiro atoms. The molecule has 2 nitrogen and oxygen atoms in total. The Morgan fingerprint density at radius 2 is 1.95 bits per heavy atom. The molecule has 0 aliphatic carbocycles. The molecule has 2 aromatic carbocycles. The van der Waals surface area contributed by atoms with Crippen LogP contribution >= 0.6 is 0 Å². The molecule has 0 saturated carbocycles. The van der Waals surface area contributed by atoms with Gasteiger partial charge in [0, 0.05) is 18.2 Å². The van der Waals surface area contributed by atoms with Gasteiger partial charge in [-0.05, 0) is 54.3 Å². The maximum Gasteiger partial charge on any atom is 0.131 e. The number of hydrogen-bond acceptors (Lipinski definition) is 2. The van der Waals surface area contributed by atoms with Gasteiger partial charge in [-0.3, -0.25) is 0 Å². The number of nitrogens with two attached hydrogens (primary N) is 2. The zero-order chi connectivity index (χ0) is 14.0. The van der Waals surface area contributed by atoms with Crippen molar-refractivity contribution in [3.05, 3.63) is 58.9 Å². The molecule has 0 fully saturated rings. The van der Waals surface area contributed by atoms with Gasteiger partial charge in [0.15, 0.2) is 0 Å². The van der Waals surface area contributed by atoms with Crippen molar-refractivity contribution in [2.75, 3.05) is 0 Å². The molecule has 0 radical (unpaired) electrons. The number of halogens is 1. The van der Waals surface area contributed by atoms with Crippen LogP contribution in [0.2, 0.25) is 0 Å². The summed E-state index contributed by atoms with van der Waals surface area (Å²) in [5, 5.41) is 0. The van der Waals surface area contributed by atoms with Crippen molar-refractivity contribution in [1.82, 2.24) is 0 Å². The highest BCUT2D eigenvalue weighted by atomic mass is 19.1. The molecular weight excluding hydrogens is 239 g/mol. The van der Waals surface area contributed by atoms with Crippen LogP contribution in [0.1, 0.15) is 29.7 Å². The van der Waals surface area contributed by atoms with E-state index >= 15 is 0 Å². The third kappa shape index (κ3) is 2.83. The third-order valence-electron chi connectivity index (χ3n) is 3.32. The summed E-state index contributed by atoms with van der Waals surface area (Å²) in [5.74, 6) is -0.243. The van der Waals surface area contributed by atoms with E-state index in [0.717, 1.165) is 22.3 Å². The molecule has 0 aromatic heterocycles. The molecule has 1 atom stereocenters. The minimum atomic E-state index is -0.243. The van der Waals surface area contributed by atoms with Crippen LogP contribution in [-0.2, 0) is 6.54 Å². The topological polar surface area (TPSA) is 52.0 Å². The molecule has 19 heavy (non-hydrogen) atoms. The summed E-state index contributed by atoms with van der Waals surface area (Å²) in [5.41, 5.74) is 15.7. The molecule has 0 aliphatic rings. The summed E-state index contributed by atoms with van der Waals surface area (Å²) in [6, 6.07) is 10.9. The van der Waals surface area contributed by atoms with E-state index in [2.05, 4.69) is 0 Å². The molecule has 4 N–H and O–H groups in total. The first-order valence-electron chi connectivity index (χ1n) is 6.38. The van der Waals surface area contributed by atoms with E-state index in [4.69, 9.17) is 11.5 Å². The Balaban J connectivity index is 2.53. The predicted molar refractivity (Wildman–Crippen MR) is 77.1 cm³/mol. The first-order chi connectivity index (χ1) is 9.02. The van der Waals surface area contributed by atoms with Crippen molar-refractivity contribution in [2.24, 2.45) is 11.5 Å². The first kappa shape index (κ1) is 13.7. The first-order valence-corrected chi connectivity index (χ1v) is 6.38. The largest absolute Gasteiger partial charge is 0.326 e. The van der Waals surface area contributed by atoms with E-state index in [1.165, 1.54) is 6.07 Å². The Hall–Kier alpha value is -1.71. The van der Waals surface area contributed by atoms with E-state index < -0.39 is 0 Å². The number of hydrogen-bond donors (Lipinski definition) is 2. The monoisotopic (exact) mass is 258 g/mol. The Morgan fingerprint density at radius 3 is 2.58 bits per heavy atom. The maximum atomic E-state index is 14.2. The molecule has 0 bridgehead atoms. The van der Waals surface area contributed by atoms with E-state index in [-0.39, 0.29) is 11.9 Å². The van der Waals surface area contributed by atoms with Crippen LogP contribution in [0.25, 0.3) is 11.1 Å². The normalized spacial score (nSPS) is 12.5. The Morgan fingerprint density at radius 1 is 1.21 bits per heavy atom. The minimum absolute atomic E-state index is 0.168. The second-order valence-corrected chi connectivity index (χ2v) is 4.88. The minimum Gasteiger partial charge on any atom is -0.326 e. The van der Waals surface area contributed by atoms with Crippen molar-refractivity contribution in [2.45, 2.75) is 26.4 Å². The molecule has 0 saturated heterocycles. The molecule has 0 amide bonds. The van der Waals surface area contributed by atoms with Gasteiger partial charge in [0.2, 0.25) is 0 Å². The molecule has 2 rings (SSSR count). The van der Waals surface area contributed by atoms with Gasteiger partial charge < -0.3 is 11.5 Å². The van der Waals surface area contributed by atoms with Crippen LogP contribution in [-0.4, -0.2) is 0 Å². The van der Waals surface area contributed by atoms with Gasteiger partial charge in [-0.1, -0.05) is 18.2 Å². The second-order valence-electron chi connectivity index (χ2n) is 4.88.